The second-order valence-electron chi connectivity index (χ2n) is 1.81. The molecule has 0 amide bonds. The Bertz CT molecular complexity index is 159. The van der Waals surface area contributed by atoms with Crippen LogP contribution in [0.1, 0.15) is 0 Å². The summed E-state index contributed by atoms with van der Waals surface area (Å²) in [6.07, 6.45) is 1.45. The summed E-state index contributed by atoms with van der Waals surface area (Å²) in [4.78, 5) is 9.83. The molecule has 2 nitrogen and oxygen atoms in total. The summed E-state index contributed by atoms with van der Waals surface area (Å²) in [5.41, 5.74) is 0. The zero-order valence-electron chi connectivity index (χ0n) is 5.72. The monoisotopic (exact) mass is 182 g/mol. The number of rotatable bonds is 5. The van der Waals surface area contributed by atoms with Gasteiger partial charge in [-0.15, -0.1) is 6.58 Å². The molecular weight excluding hydrogens is 174 g/mol. The summed E-state index contributed by atoms with van der Waals surface area (Å²) in [7, 11) is 0. The second kappa shape index (κ2) is 4.33. The number of carboxylic acid groups (broad SMARTS) is 1. The molecule has 1 N–H and O–H groups in total. The third kappa shape index (κ3) is 3.98. The molecule has 0 aromatic carbocycles. The fourth-order valence-electron chi connectivity index (χ4n) is 0.332. The molecular formula is C6H8F2O2S. The van der Waals surface area contributed by atoms with Gasteiger partial charge >= 0.3 is 11.9 Å². The zero-order chi connectivity index (χ0) is 8.91. The van der Waals surface area contributed by atoms with E-state index in [2.05, 4.69) is 6.58 Å². The summed E-state index contributed by atoms with van der Waals surface area (Å²) in [6, 6.07) is 0. The molecule has 0 saturated heterocycles. The van der Waals surface area contributed by atoms with Crippen molar-refractivity contribution in [3.63, 3.8) is 0 Å². The van der Waals surface area contributed by atoms with Crippen LogP contribution in [0.25, 0.3) is 0 Å². The molecule has 0 heterocycles. The molecule has 5 heteroatoms. The molecule has 0 saturated carbocycles. The Hall–Kier alpha value is -0.580. The van der Waals surface area contributed by atoms with E-state index in [1.54, 1.807) is 0 Å². The molecule has 0 fully saturated rings. The van der Waals surface area contributed by atoms with E-state index in [0.717, 1.165) is 11.8 Å². The average molecular weight is 182 g/mol. The Kier molecular flexibility index (Phi) is 4.10. The number of halogens is 2. The van der Waals surface area contributed by atoms with Crippen molar-refractivity contribution >= 4 is 17.7 Å². The van der Waals surface area contributed by atoms with Crippen LogP contribution in [0.5, 0.6) is 0 Å². The number of hydrogen-bond acceptors (Lipinski definition) is 2. The Morgan fingerprint density at radius 2 is 2.27 bits per heavy atom. The van der Waals surface area contributed by atoms with Crippen molar-refractivity contribution in [1.29, 1.82) is 0 Å². The van der Waals surface area contributed by atoms with E-state index in [-0.39, 0.29) is 0 Å². The van der Waals surface area contributed by atoms with Crippen LogP contribution >= 0.6 is 11.8 Å². The highest BCUT2D eigenvalue weighted by Gasteiger charge is 2.38. The SMILES string of the molecule is C=CCSCC(F)(F)C(=O)O. The molecule has 11 heavy (non-hydrogen) atoms. The van der Waals surface area contributed by atoms with E-state index < -0.39 is 17.6 Å². The summed E-state index contributed by atoms with van der Waals surface area (Å²) >= 11 is 0.840. The van der Waals surface area contributed by atoms with E-state index in [0.29, 0.717) is 5.75 Å². The molecule has 0 radical (unpaired) electrons. The molecule has 0 aromatic rings. The number of aliphatic carboxylic acids is 1. The largest absolute Gasteiger partial charge is 0.477 e. The van der Waals surface area contributed by atoms with Gasteiger partial charge in [-0.1, -0.05) is 6.08 Å². The first-order chi connectivity index (χ1) is 5.00. The second-order valence-corrected chi connectivity index (χ2v) is 2.84. The van der Waals surface area contributed by atoms with E-state index in [4.69, 9.17) is 5.11 Å². The van der Waals surface area contributed by atoms with Gasteiger partial charge in [0.1, 0.15) is 0 Å². The van der Waals surface area contributed by atoms with E-state index in [9.17, 15) is 13.6 Å². The highest BCUT2D eigenvalue weighted by Crippen LogP contribution is 2.19. The van der Waals surface area contributed by atoms with Gasteiger partial charge in [0.05, 0.1) is 5.75 Å². The molecule has 0 bridgehead atoms. The van der Waals surface area contributed by atoms with Gasteiger partial charge < -0.3 is 5.11 Å². The molecule has 0 atom stereocenters. The number of thioether (sulfide) groups is 1. The number of carbonyl (C=O) groups is 1. The molecule has 0 aliphatic carbocycles. The molecule has 0 aromatic heterocycles. The smallest absolute Gasteiger partial charge is 0.375 e. The van der Waals surface area contributed by atoms with Gasteiger partial charge in [0.25, 0.3) is 0 Å². The Labute approximate surface area is 67.3 Å². The molecule has 0 spiro atoms. The predicted molar refractivity (Wildman–Crippen MR) is 40.1 cm³/mol. The van der Waals surface area contributed by atoms with Crippen LogP contribution in [0, 0.1) is 0 Å². The Balaban J connectivity index is 3.72. The highest BCUT2D eigenvalue weighted by molar-refractivity contribution is 7.99. The van der Waals surface area contributed by atoms with Crippen molar-refractivity contribution in [2.75, 3.05) is 11.5 Å². The van der Waals surface area contributed by atoms with Crippen molar-refractivity contribution < 1.29 is 18.7 Å². The number of hydrogen-bond donors (Lipinski definition) is 1. The van der Waals surface area contributed by atoms with Crippen molar-refractivity contribution in [3.05, 3.63) is 12.7 Å². The lowest BCUT2D eigenvalue weighted by atomic mass is 10.4. The van der Waals surface area contributed by atoms with Crippen molar-refractivity contribution in [3.8, 4) is 0 Å². The maximum Gasteiger partial charge on any atom is 0.375 e. The molecule has 0 aliphatic rings. The van der Waals surface area contributed by atoms with Crippen LogP contribution in [-0.2, 0) is 4.79 Å². The summed E-state index contributed by atoms with van der Waals surface area (Å²) in [6.45, 7) is 3.31. The summed E-state index contributed by atoms with van der Waals surface area (Å²) in [5, 5.41) is 7.95. The quantitative estimate of drug-likeness (QED) is 0.518. The maximum absolute atomic E-state index is 12.2. The fraction of sp³-hybridized carbons (Fsp3) is 0.500. The van der Waals surface area contributed by atoms with Crippen molar-refractivity contribution in [2.45, 2.75) is 5.92 Å². The summed E-state index contributed by atoms with van der Waals surface area (Å²) < 4.78 is 24.4. The lowest BCUT2D eigenvalue weighted by molar-refractivity contribution is -0.161. The Morgan fingerprint density at radius 1 is 1.73 bits per heavy atom. The van der Waals surface area contributed by atoms with E-state index in [1.165, 1.54) is 6.08 Å². The van der Waals surface area contributed by atoms with Gasteiger partial charge in [-0.3, -0.25) is 0 Å². The maximum atomic E-state index is 12.2. The number of alkyl halides is 2. The van der Waals surface area contributed by atoms with Gasteiger partial charge in [0.2, 0.25) is 0 Å². The third-order valence-electron chi connectivity index (χ3n) is 0.832. The minimum absolute atomic E-state index is 0.336. The van der Waals surface area contributed by atoms with Crippen LogP contribution < -0.4 is 0 Å². The predicted octanol–water partition coefficient (Wildman–Crippen LogP) is 1.63. The van der Waals surface area contributed by atoms with Gasteiger partial charge in [-0.25, -0.2) is 4.79 Å². The highest BCUT2D eigenvalue weighted by atomic mass is 32.2. The van der Waals surface area contributed by atoms with Crippen LogP contribution in [-0.4, -0.2) is 28.5 Å². The topological polar surface area (TPSA) is 37.3 Å². The van der Waals surface area contributed by atoms with Gasteiger partial charge in [0.15, 0.2) is 0 Å². The standard InChI is InChI=1S/C6H8F2O2S/c1-2-3-11-4-6(7,8)5(9)10/h2H,1,3-4H2,(H,9,10). The van der Waals surface area contributed by atoms with Gasteiger partial charge in [-0.2, -0.15) is 20.5 Å². The molecule has 0 unspecified atom stereocenters. The van der Waals surface area contributed by atoms with Crippen LogP contribution in [0.4, 0.5) is 8.78 Å². The fourth-order valence-corrected chi connectivity index (χ4v) is 0.997. The van der Waals surface area contributed by atoms with Gasteiger partial charge in [0, 0.05) is 5.75 Å². The van der Waals surface area contributed by atoms with Crippen LogP contribution in [0.15, 0.2) is 12.7 Å². The first kappa shape index (κ1) is 10.4. The minimum Gasteiger partial charge on any atom is -0.477 e. The van der Waals surface area contributed by atoms with Crippen molar-refractivity contribution in [2.24, 2.45) is 0 Å². The summed E-state index contributed by atoms with van der Waals surface area (Å²) in [5.74, 6) is -6.06. The third-order valence-corrected chi connectivity index (χ3v) is 1.87. The lowest BCUT2D eigenvalue weighted by Crippen LogP contribution is -2.30. The zero-order valence-corrected chi connectivity index (χ0v) is 6.53. The first-order valence-electron chi connectivity index (χ1n) is 2.80. The molecule has 64 valence electrons. The van der Waals surface area contributed by atoms with Crippen LogP contribution in [0.2, 0.25) is 0 Å². The first-order valence-corrected chi connectivity index (χ1v) is 3.96. The van der Waals surface area contributed by atoms with E-state index >= 15 is 0 Å². The van der Waals surface area contributed by atoms with Crippen molar-refractivity contribution in [1.82, 2.24) is 0 Å². The Morgan fingerprint density at radius 3 is 2.64 bits per heavy atom. The average Bonchev–Trinajstić information content (AvgIpc) is 1.88. The number of carboxylic acids is 1. The van der Waals surface area contributed by atoms with Gasteiger partial charge in [-0.05, 0) is 0 Å². The normalized spacial score (nSPS) is 11.1. The minimum atomic E-state index is -3.62. The van der Waals surface area contributed by atoms with Crippen LogP contribution in [0.3, 0.4) is 0 Å². The lowest BCUT2D eigenvalue weighted by Gasteiger charge is -2.08. The van der Waals surface area contributed by atoms with E-state index in [1.807, 2.05) is 0 Å². The molecule has 0 rings (SSSR count). The molecule has 0 aliphatic heterocycles.